The third-order valence-corrected chi connectivity index (χ3v) is 4.40. The number of aryl methyl sites for hydroxylation is 2. The first-order valence-electron chi connectivity index (χ1n) is 5.34. The lowest BCUT2D eigenvalue weighted by atomic mass is 10.1. The molecule has 1 atom stereocenters. The van der Waals surface area contributed by atoms with Crippen LogP contribution in [0, 0.1) is 13.8 Å². The van der Waals surface area contributed by atoms with Gasteiger partial charge in [-0.15, -0.1) is 0 Å². The number of aliphatic hydroxyl groups excluding tert-OH is 1. The van der Waals surface area contributed by atoms with E-state index in [1.807, 2.05) is 13.8 Å². The van der Waals surface area contributed by atoms with Gasteiger partial charge in [0.05, 0.1) is 23.4 Å². The van der Waals surface area contributed by atoms with E-state index in [1.54, 1.807) is 18.2 Å². The Morgan fingerprint density at radius 2 is 1.94 bits per heavy atom. The monoisotopic (exact) mass is 258 g/mol. The van der Waals surface area contributed by atoms with Crippen molar-refractivity contribution >= 4 is 9.84 Å². The molecule has 0 spiro atoms. The average Bonchev–Trinajstić information content (AvgIpc) is 2.21. The molecule has 0 aliphatic heterocycles. The van der Waals surface area contributed by atoms with Gasteiger partial charge in [-0.2, -0.15) is 0 Å². The molecule has 0 fully saturated rings. The van der Waals surface area contributed by atoms with Crippen molar-refractivity contribution in [3.63, 3.8) is 0 Å². The van der Waals surface area contributed by atoms with Crippen LogP contribution in [0.5, 0.6) is 0 Å². The Bertz CT molecular complexity index is 479. The third kappa shape index (κ3) is 3.80. The molecule has 0 aliphatic rings. The summed E-state index contributed by atoms with van der Waals surface area (Å²) in [7, 11) is -2.03. The molecular weight excluding hydrogens is 240 g/mol. The molecule has 1 unspecified atom stereocenters. The van der Waals surface area contributed by atoms with Gasteiger partial charge in [0.25, 0.3) is 0 Å². The van der Waals surface area contributed by atoms with E-state index < -0.39 is 15.9 Å². The van der Waals surface area contributed by atoms with Gasteiger partial charge in [0, 0.05) is 7.11 Å². The maximum absolute atomic E-state index is 12.0. The number of ether oxygens (including phenoxy) is 1. The first-order chi connectivity index (χ1) is 7.86. The summed E-state index contributed by atoms with van der Waals surface area (Å²) in [6, 6.07) is 4.96. The Morgan fingerprint density at radius 3 is 2.47 bits per heavy atom. The molecule has 0 amide bonds. The van der Waals surface area contributed by atoms with Crippen LogP contribution in [0.3, 0.4) is 0 Å². The van der Waals surface area contributed by atoms with E-state index in [0.29, 0.717) is 0 Å². The molecule has 0 saturated carbocycles. The second-order valence-electron chi connectivity index (χ2n) is 4.14. The number of hydrogen-bond acceptors (Lipinski definition) is 4. The quantitative estimate of drug-likeness (QED) is 0.858. The second-order valence-corrected chi connectivity index (χ2v) is 6.17. The fourth-order valence-corrected chi connectivity index (χ4v) is 2.92. The molecule has 17 heavy (non-hydrogen) atoms. The van der Waals surface area contributed by atoms with Gasteiger partial charge in [0.1, 0.15) is 0 Å². The van der Waals surface area contributed by atoms with Crippen molar-refractivity contribution in [3.8, 4) is 0 Å². The lowest BCUT2D eigenvalue weighted by molar-refractivity contribution is 0.0783. The smallest absolute Gasteiger partial charge is 0.181 e. The maximum Gasteiger partial charge on any atom is 0.181 e. The highest BCUT2D eigenvalue weighted by atomic mass is 32.2. The molecule has 4 nitrogen and oxygen atoms in total. The van der Waals surface area contributed by atoms with Gasteiger partial charge in [-0.25, -0.2) is 8.42 Å². The third-order valence-electron chi connectivity index (χ3n) is 2.61. The molecular formula is C12H18O4S. The van der Waals surface area contributed by atoms with Crippen LogP contribution < -0.4 is 0 Å². The van der Waals surface area contributed by atoms with Crippen molar-refractivity contribution in [2.24, 2.45) is 0 Å². The van der Waals surface area contributed by atoms with Gasteiger partial charge >= 0.3 is 0 Å². The maximum atomic E-state index is 12.0. The average molecular weight is 258 g/mol. The van der Waals surface area contributed by atoms with E-state index in [-0.39, 0.29) is 17.3 Å². The topological polar surface area (TPSA) is 63.6 Å². The zero-order valence-corrected chi connectivity index (χ0v) is 11.1. The number of hydrogen-bond donors (Lipinski definition) is 1. The van der Waals surface area contributed by atoms with Crippen LogP contribution in [0.1, 0.15) is 11.1 Å². The van der Waals surface area contributed by atoms with Crippen LogP contribution in [-0.2, 0) is 14.6 Å². The highest BCUT2D eigenvalue weighted by Crippen LogP contribution is 2.16. The van der Waals surface area contributed by atoms with Gasteiger partial charge in [0.2, 0.25) is 0 Å². The van der Waals surface area contributed by atoms with Crippen LogP contribution in [0.25, 0.3) is 0 Å². The summed E-state index contributed by atoms with van der Waals surface area (Å²) in [4.78, 5) is 0.246. The molecule has 1 aromatic carbocycles. The summed E-state index contributed by atoms with van der Waals surface area (Å²) in [5, 5.41) is 9.47. The van der Waals surface area contributed by atoms with E-state index in [9.17, 15) is 13.5 Å². The van der Waals surface area contributed by atoms with Crippen molar-refractivity contribution < 1.29 is 18.3 Å². The highest BCUT2D eigenvalue weighted by molar-refractivity contribution is 7.91. The first kappa shape index (κ1) is 14.2. The van der Waals surface area contributed by atoms with Crippen molar-refractivity contribution in [1.29, 1.82) is 0 Å². The van der Waals surface area contributed by atoms with E-state index in [1.165, 1.54) is 7.11 Å². The van der Waals surface area contributed by atoms with E-state index in [2.05, 4.69) is 0 Å². The lowest BCUT2D eigenvalue weighted by Gasteiger charge is -2.11. The standard InChI is InChI=1S/C12H18O4S/c1-9-4-5-12(6-10(9)2)17(14,15)8-11(13)7-16-3/h4-6,11,13H,7-8H2,1-3H3. The summed E-state index contributed by atoms with van der Waals surface area (Å²) in [6.45, 7) is 3.80. The zero-order valence-electron chi connectivity index (χ0n) is 10.3. The predicted octanol–water partition coefficient (Wildman–Crippen LogP) is 1.08. The Labute approximate surface area is 102 Å². The molecule has 0 saturated heterocycles. The number of sulfone groups is 1. The summed E-state index contributed by atoms with van der Waals surface area (Å²) in [5.41, 5.74) is 1.97. The van der Waals surface area contributed by atoms with Crippen molar-refractivity contribution in [1.82, 2.24) is 0 Å². The number of aliphatic hydroxyl groups is 1. The second kappa shape index (κ2) is 5.62. The number of rotatable bonds is 5. The normalized spacial score (nSPS) is 13.6. The molecule has 0 radical (unpaired) electrons. The fraction of sp³-hybridized carbons (Fsp3) is 0.500. The Morgan fingerprint density at radius 1 is 1.29 bits per heavy atom. The van der Waals surface area contributed by atoms with E-state index in [0.717, 1.165) is 11.1 Å². The van der Waals surface area contributed by atoms with Gasteiger partial charge < -0.3 is 9.84 Å². The van der Waals surface area contributed by atoms with Crippen LogP contribution in [-0.4, -0.2) is 39.1 Å². The van der Waals surface area contributed by atoms with Gasteiger partial charge in [-0.1, -0.05) is 6.07 Å². The largest absolute Gasteiger partial charge is 0.390 e. The SMILES string of the molecule is COCC(O)CS(=O)(=O)c1ccc(C)c(C)c1. The van der Waals surface area contributed by atoms with Gasteiger partial charge in [-0.05, 0) is 37.1 Å². The zero-order chi connectivity index (χ0) is 13.1. The van der Waals surface area contributed by atoms with Crippen molar-refractivity contribution in [2.75, 3.05) is 19.5 Å². The summed E-state index contributed by atoms with van der Waals surface area (Å²) < 4.78 is 28.6. The van der Waals surface area contributed by atoms with Crippen LogP contribution >= 0.6 is 0 Å². The first-order valence-corrected chi connectivity index (χ1v) is 6.99. The van der Waals surface area contributed by atoms with Crippen LogP contribution in [0.4, 0.5) is 0 Å². The highest BCUT2D eigenvalue weighted by Gasteiger charge is 2.19. The molecule has 0 aliphatic carbocycles. The number of methoxy groups -OCH3 is 1. The molecule has 0 heterocycles. The minimum absolute atomic E-state index is 0.0179. The minimum Gasteiger partial charge on any atom is -0.390 e. The van der Waals surface area contributed by atoms with Crippen molar-refractivity contribution in [3.05, 3.63) is 29.3 Å². The molecule has 96 valence electrons. The molecule has 5 heteroatoms. The molecule has 1 aromatic rings. The Hall–Kier alpha value is -0.910. The number of benzene rings is 1. The van der Waals surface area contributed by atoms with Crippen LogP contribution in [0.2, 0.25) is 0 Å². The molecule has 1 rings (SSSR count). The minimum atomic E-state index is -3.45. The van der Waals surface area contributed by atoms with Gasteiger partial charge in [-0.3, -0.25) is 0 Å². The lowest BCUT2D eigenvalue weighted by Crippen LogP contribution is -2.25. The van der Waals surface area contributed by atoms with E-state index >= 15 is 0 Å². The van der Waals surface area contributed by atoms with Crippen molar-refractivity contribution in [2.45, 2.75) is 24.8 Å². The summed E-state index contributed by atoms with van der Waals surface area (Å²) in [6.07, 6.45) is -0.994. The fourth-order valence-electron chi connectivity index (χ4n) is 1.50. The predicted molar refractivity (Wildman–Crippen MR) is 65.9 cm³/mol. The molecule has 0 bridgehead atoms. The van der Waals surface area contributed by atoms with Crippen LogP contribution in [0.15, 0.2) is 23.1 Å². The summed E-state index contributed by atoms with van der Waals surface area (Å²) in [5.74, 6) is -0.316. The summed E-state index contributed by atoms with van der Waals surface area (Å²) >= 11 is 0. The molecule has 1 N–H and O–H groups in total. The Kier molecular flexibility index (Phi) is 4.68. The van der Waals surface area contributed by atoms with E-state index in [4.69, 9.17) is 4.74 Å². The Balaban J connectivity index is 2.93. The molecule has 0 aromatic heterocycles. The van der Waals surface area contributed by atoms with Gasteiger partial charge in [0.15, 0.2) is 9.84 Å².